The van der Waals surface area contributed by atoms with Gasteiger partial charge in [-0.1, -0.05) is 6.92 Å². The van der Waals surface area contributed by atoms with Crippen molar-refractivity contribution in [3.8, 4) is 0 Å². The molecule has 1 aliphatic rings. The highest BCUT2D eigenvalue weighted by Crippen LogP contribution is 2.19. The standard InChI is InChI=1S/C12H19N3O2/c1-9-2-4-15(5-3-9)7-11-6-10(8-17-11)12(16)14-13/h6,8-9H,2-5,7,13H2,1H3,(H,14,16). The van der Waals surface area contributed by atoms with Crippen LogP contribution in [0.3, 0.4) is 0 Å². The fourth-order valence-corrected chi connectivity index (χ4v) is 2.11. The first-order valence-corrected chi connectivity index (χ1v) is 5.99. The van der Waals surface area contributed by atoms with Crippen LogP contribution in [0.2, 0.25) is 0 Å². The number of furan rings is 1. The number of hydrazine groups is 1. The molecule has 5 nitrogen and oxygen atoms in total. The van der Waals surface area contributed by atoms with Gasteiger partial charge in [-0.25, -0.2) is 5.84 Å². The zero-order chi connectivity index (χ0) is 12.3. The van der Waals surface area contributed by atoms with Crippen molar-refractivity contribution in [1.29, 1.82) is 0 Å². The number of carbonyl (C=O) groups excluding carboxylic acids is 1. The fourth-order valence-electron chi connectivity index (χ4n) is 2.11. The van der Waals surface area contributed by atoms with E-state index in [9.17, 15) is 4.79 Å². The summed E-state index contributed by atoms with van der Waals surface area (Å²) in [5.74, 6) is 6.39. The van der Waals surface area contributed by atoms with Crippen LogP contribution in [-0.2, 0) is 6.54 Å². The minimum absolute atomic E-state index is 0.313. The van der Waals surface area contributed by atoms with Gasteiger partial charge in [0.25, 0.3) is 5.91 Å². The van der Waals surface area contributed by atoms with Crippen molar-refractivity contribution in [1.82, 2.24) is 10.3 Å². The predicted molar refractivity (Wildman–Crippen MR) is 64.0 cm³/mol. The van der Waals surface area contributed by atoms with Gasteiger partial charge in [-0.15, -0.1) is 0 Å². The van der Waals surface area contributed by atoms with E-state index in [1.54, 1.807) is 6.07 Å². The van der Waals surface area contributed by atoms with E-state index in [0.717, 1.165) is 31.3 Å². The largest absolute Gasteiger partial charge is 0.467 e. The number of nitrogens with one attached hydrogen (secondary N) is 1. The molecular formula is C12H19N3O2. The van der Waals surface area contributed by atoms with Crippen LogP contribution < -0.4 is 11.3 Å². The van der Waals surface area contributed by atoms with Crippen molar-refractivity contribution < 1.29 is 9.21 Å². The highest BCUT2D eigenvalue weighted by Gasteiger charge is 2.17. The average Bonchev–Trinajstić information content (AvgIpc) is 2.80. The molecule has 1 amide bonds. The fraction of sp³-hybridized carbons (Fsp3) is 0.583. The molecule has 0 aromatic carbocycles. The first kappa shape index (κ1) is 12.1. The number of amides is 1. The minimum atomic E-state index is -0.313. The molecule has 17 heavy (non-hydrogen) atoms. The number of nitrogens with two attached hydrogens (primary N) is 1. The number of piperidine rings is 1. The molecule has 0 radical (unpaired) electrons. The van der Waals surface area contributed by atoms with E-state index < -0.39 is 0 Å². The lowest BCUT2D eigenvalue weighted by Gasteiger charge is -2.29. The molecule has 0 aliphatic carbocycles. The molecule has 5 heteroatoms. The maximum Gasteiger partial charge on any atom is 0.268 e. The van der Waals surface area contributed by atoms with Gasteiger partial charge in [0, 0.05) is 0 Å². The normalized spacial score (nSPS) is 18.2. The van der Waals surface area contributed by atoms with Gasteiger partial charge in [0.2, 0.25) is 0 Å². The summed E-state index contributed by atoms with van der Waals surface area (Å²) in [5.41, 5.74) is 2.57. The van der Waals surface area contributed by atoms with E-state index in [-0.39, 0.29) is 5.91 Å². The van der Waals surface area contributed by atoms with Crippen molar-refractivity contribution in [2.24, 2.45) is 11.8 Å². The first-order valence-electron chi connectivity index (χ1n) is 5.99. The Morgan fingerprint density at radius 1 is 1.59 bits per heavy atom. The summed E-state index contributed by atoms with van der Waals surface area (Å²) in [6, 6.07) is 1.75. The van der Waals surface area contributed by atoms with Crippen molar-refractivity contribution >= 4 is 5.91 Å². The monoisotopic (exact) mass is 237 g/mol. The first-order chi connectivity index (χ1) is 8.19. The zero-order valence-electron chi connectivity index (χ0n) is 10.1. The van der Waals surface area contributed by atoms with E-state index >= 15 is 0 Å². The summed E-state index contributed by atoms with van der Waals surface area (Å²) in [7, 11) is 0. The van der Waals surface area contributed by atoms with Crippen molar-refractivity contribution in [2.75, 3.05) is 13.1 Å². The van der Waals surface area contributed by atoms with E-state index in [2.05, 4.69) is 17.2 Å². The van der Waals surface area contributed by atoms with Gasteiger partial charge >= 0.3 is 0 Å². The van der Waals surface area contributed by atoms with Crippen molar-refractivity contribution in [3.05, 3.63) is 23.7 Å². The van der Waals surface area contributed by atoms with Crippen LogP contribution in [0, 0.1) is 5.92 Å². The second-order valence-corrected chi connectivity index (χ2v) is 4.73. The predicted octanol–water partition coefficient (Wildman–Crippen LogP) is 1.11. The molecule has 0 spiro atoms. The van der Waals surface area contributed by atoms with Gasteiger partial charge in [0.15, 0.2) is 0 Å². The third-order valence-corrected chi connectivity index (χ3v) is 3.30. The minimum Gasteiger partial charge on any atom is -0.467 e. The third kappa shape index (κ3) is 3.08. The van der Waals surface area contributed by atoms with Crippen LogP contribution in [0.25, 0.3) is 0 Å². The summed E-state index contributed by atoms with van der Waals surface area (Å²) in [6.07, 6.45) is 3.91. The topological polar surface area (TPSA) is 71.5 Å². The highest BCUT2D eigenvalue weighted by atomic mass is 16.3. The number of hydrogen-bond acceptors (Lipinski definition) is 4. The lowest BCUT2D eigenvalue weighted by atomic mass is 9.99. The molecular weight excluding hydrogens is 218 g/mol. The third-order valence-electron chi connectivity index (χ3n) is 3.30. The smallest absolute Gasteiger partial charge is 0.268 e. The summed E-state index contributed by atoms with van der Waals surface area (Å²) >= 11 is 0. The lowest BCUT2D eigenvalue weighted by Crippen LogP contribution is -2.32. The van der Waals surface area contributed by atoms with Crippen LogP contribution >= 0.6 is 0 Å². The van der Waals surface area contributed by atoms with Gasteiger partial charge in [-0.3, -0.25) is 15.1 Å². The maximum absolute atomic E-state index is 11.3. The summed E-state index contributed by atoms with van der Waals surface area (Å²) in [6.45, 7) is 5.25. The van der Waals surface area contributed by atoms with Gasteiger partial charge in [0.1, 0.15) is 12.0 Å². The summed E-state index contributed by atoms with van der Waals surface area (Å²) in [4.78, 5) is 13.6. The Morgan fingerprint density at radius 3 is 2.94 bits per heavy atom. The van der Waals surface area contributed by atoms with E-state index in [1.165, 1.54) is 19.1 Å². The van der Waals surface area contributed by atoms with Gasteiger partial charge in [-0.05, 0) is 37.9 Å². The molecule has 0 atom stereocenters. The molecule has 1 aromatic heterocycles. The molecule has 0 saturated carbocycles. The number of nitrogens with zero attached hydrogens (tertiary/aromatic N) is 1. The Hall–Kier alpha value is -1.33. The molecule has 0 bridgehead atoms. The van der Waals surface area contributed by atoms with Gasteiger partial charge in [-0.2, -0.15) is 0 Å². The Balaban J connectivity index is 1.90. The van der Waals surface area contributed by atoms with E-state index in [0.29, 0.717) is 5.56 Å². The lowest BCUT2D eigenvalue weighted by molar-refractivity contribution is 0.0953. The SMILES string of the molecule is CC1CCN(Cc2cc(C(=O)NN)co2)CC1. The molecule has 1 aliphatic heterocycles. The van der Waals surface area contributed by atoms with Gasteiger partial charge < -0.3 is 4.42 Å². The Kier molecular flexibility index (Phi) is 3.81. The molecule has 1 saturated heterocycles. The van der Waals surface area contributed by atoms with Crippen molar-refractivity contribution in [3.63, 3.8) is 0 Å². The summed E-state index contributed by atoms with van der Waals surface area (Å²) < 4.78 is 5.36. The van der Waals surface area contributed by atoms with E-state index in [4.69, 9.17) is 10.3 Å². The van der Waals surface area contributed by atoms with Crippen LogP contribution in [0.1, 0.15) is 35.9 Å². The second-order valence-electron chi connectivity index (χ2n) is 4.73. The molecule has 2 heterocycles. The molecule has 94 valence electrons. The second kappa shape index (κ2) is 5.33. The number of carbonyl (C=O) groups is 1. The maximum atomic E-state index is 11.3. The zero-order valence-corrected chi connectivity index (χ0v) is 10.1. The Bertz CT molecular complexity index is 381. The number of hydrogen-bond donors (Lipinski definition) is 2. The van der Waals surface area contributed by atoms with Crippen molar-refractivity contribution in [2.45, 2.75) is 26.3 Å². The molecule has 1 aromatic rings. The van der Waals surface area contributed by atoms with Crippen LogP contribution in [0.15, 0.2) is 16.7 Å². The van der Waals surface area contributed by atoms with E-state index in [1.807, 2.05) is 0 Å². The number of likely N-dealkylation sites (tertiary alicyclic amines) is 1. The Morgan fingerprint density at radius 2 is 2.29 bits per heavy atom. The molecule has 0 unspecified atom stereocenters. The highest BCUT2D eigenvalue weighted by molar-refractivity contribution is 5.93. The summed E-state index contributed by atoms with van der Waals surface area (Å²) in [5, 5.41) is 0. The Labute approximate surface area is 101 Å². The quantitative estimate of drug-likeness (QED) is 0.469. The van der Waals surface area contributed by atoms with Crippen LogP contribution in [0.4, 0.5) is 0 Å². The van der Waals surface area contributed by atoms with Gasteiger partial charge in [0.05, 0.1) is 12.1 Å². The average molecular weight is 237 g/mol. The number of rotatable bonds is 3. The molecule has 2 rings (SSSR count). The number of nitrogen functional groups attached to an aromatic ring is 1. The molecule has 3 N–H and O–H groups in total. The van der Waals surface area contributed by atoms with Crippen LogP contribution in [0.5, 0.6) is 0 Å². The van der Waals surface area contributed by atoms with Crippen LogP contribution in [-0.4, -0.2) is 23.9 Å². The molecule has 1 fully saturated rings.